The summed E-state index contributed by atoms with van der Waals surface area (Å²) in [6, 6.07) is 5.27. The van der Waals surface area contributed by atoms with Crippen LogP contribution in [0, 0.1) is 5.92 Å². The fourth-order valence-corrected chi connectivity index (χ4v) is 5.49. The van der Waals surface area contributed by atoms with E-state index in [2.05, 4.69) is 58.8 Å². The second-order valence-electron chi connectivity index (χ2n) is 8.81. The summed E-state index contributed by atoms with van der Waals surface area (Å²) in [5, 5.41) is 3.76. The van der Waals surface area contributed by atoms with E-state index in [4.69, 9.17) is 9.47 Å². The number of methoxy groups -OCH3 is 2. The van der Waals surface area contributed by atoms with Gasteiger partial charge in [-0.2, -0.15) is 0 Å². The smallest absolute Gasteiger partial charge is 0.161 e. The summed E-state index contributed by atoms with van der Waals surface area (Å²) in [4.78, 5) is 2.68. The van der Waals surface area contributed by atoms with Crippen LogP contribution in [0.4, 0.5) is 0 Å². The highest BCUT2D eigenvalue weighted by Gasteiger charge is 2.32. The molecule has 3 aliphatic heterocycles. The first-order chi connectivity index (χ1) is 14.7. The van der Waals surface area contributed by atoms with Gasteiger partial charge in [0, 0.05) is 31.1 Å². The van der Waals surface area contributed by atoms with Crippen molar-refractivity contribution < 1.29 is 9.47 Å². The number of nitrogens with one attached hydrogen (secondary N) is 1. The van der Waals surface area contributed by atoms with Gasteiger partial charge in [0.1, 0.15) is 0 Å². The lowest BCUT2D eigenvalue weighted by molar-refractivity contribution is 0.186. The first kappa shape index (κ1) is 19.7. The standard InChI is InChI=1S/C26H32N2O2/c1-29-25-16-20-7-10-27-23(22(20)17-26(25)30-2)14-19-9-12-28-11-8-18-5-3-4-6-21(13-18)24(28)15-19/h3-6,9,13,16-17,21,23-24,27H,7-8,10-12,14-15H2,1-2H3. The summed E-state index contributed by atoms with van der Waals surface area (Å²) in [6.07, 6.45) is 18.5. The topological polar surface area (TPSA) is 33.7 Å². The van der Waals surface area contributed by atoms with Crippen molar-refractivity contribution in [2.24, 2.45) is 5.92 Å². The number of hydrogen-bond acceptors (Lipinski definition) is 4. The van der Waals surface area contributed by atoms with Crippen molar-refractivity contribution in [1.82, 2.24) is 10.2 Å². The molecule has 5 rings (SSSR count). The summed E-state index contributed by atoms with van der Waals surface area (Å²) in [7, 11) is 3.43. The fraction of sp³-hybridized carbons (Fsp3) is 0.462. The average molecular weight is 405 g/mol. The molecule has 3 atom stereocenters. The van der Waals surface area contributed by atoms with Crippen molar-refractivity contribution in [3.8, 4) is 11.5 Å². The number of allylic oxidation sites excluding steroid dienone is 3. The fourth-order valence-electron chi connectivity index (χ4n) is 5.49. The van der Waals surface area contributed by atoms with Crippen LogP contribution in [0.2, 0.25) is 0 Å². The number of nitrogens with zero attached hydrogens (tertiary/aromatic N) is 1. The van der Waals surface area contributed by atoms with Gasteiger partial charge in [-0.1, -0.05) is 47.6 Å². The van der Waals surface area contributed by atoms with Gasteiger partial charge in [0.05, 0.1) is 14.2 Å². The SMILES string of the molecule is COc1cc2c(cc1OC)C(CC1=CCN3CCC4=CC(C=CC=C4)C3C1)NCC2. The van der Waals surface area contributed by atoms with Crippen LogP contribution in [0.25, 0.3) is 0 Å². The van der Waals surface area contributed by atoms with Crippen LogP contribution in [-0.4, -0.2) is 44.8 Å². The van der Waals surface area contributed by atoms with Crippen molar-refractivity contribution in [2.75, 3.05) is 33.9 Å². The Morgan fingerprint density at radius 2 is 1.97 bits per heavy atom. The molecule has 4 nitrogen and oxygen atoms in total. The van der Waals surface area contributed by atoms with E-state index >= 15 is 0 Å². The lowest BCUT2D eigenvalue weighted by atomic mass is 9.84. The molecule has 4 heteroatoms. The molecule has 3 heterocycles. The zero-order valence-corrected chi connectivity index (χ0v) is 18.1. The largest absolute Gasteiger partial charge is 0.493 e. The monoisotopic (exact) mass is 404 g/mol. The molecule has 3 unspecified atom stereocenters. The Hall–Kier alpha value is -2.30. The maximum atomic E-state index is 5.59. The van der Waals surface area contributed by atoms with Crippen molar-refractivity contribution in [3.63, 3.8) is 0 Å². The van der Waals surface area contributed by atoms with E-state index in [1.807, 2.05) is 0 Å². The van der Waals surface area contributed by atoms with Gasteiger partial charge in [0.15, 0.2) is 11.5 Å². The summed E-state index contributed by atoms with van der Waals surface area (Å²) < 4.78 is 11.1. The lowest BCUT2D eigenvalue weighted by Gasteiger charge is -2.38. The molecule has 30 heavy (non-hydrogen) atoms. The second kappa shape index (κ2) is 8.44. The van der Waals surface area contributed by atoms with E-state index in [0.29, 0.717) is 18.0 Å². The third kappa shape index (κ3) is 3.75. The summed E-state index contributed by atoms with van der Waals surface area (Å²) >= 11 is 0. The molecule has 0 saturated carbocycles. The van der Waals surface area contributed by atoms with E-state index in [0.717, 1.165) is 56.8 Å². The quantitative estimate of drug-likeness (QED) is 0.757. The molecule has 0 fully saturated rings. The molecule has 2 bridgehead atoms. The first-order valence-corrected chi connectivity index (χ1v) is 11.2. The minimum absolute atomic E-state index is 0.342. The molecule has 0 radical (unpaired) electrons. The van der Waals surface area contributed by atoms with Gasteiger partial charge < -0.3 is 14.8 Å². The third-order valence-corrected chi connectivity index (χ3v) is 7.12. The first-order valence-electron chi connectivity index (χ1n) is 11.2. The Morgan fingerprint density at radius 1 is 1.10 bits per heavy atom. The molecule has 0 spiro atoms. The number of fused-ring (bicyclic) bond motifs is 4. The molecule has 1 aliphatic carbocycles. The molecule has 0 amide bonds. The maximum absolute atomic E-state index is 5.59. The van der Waals surface area contributed by atoms with Gasteiger partial charge in [0.2, 0.25) is 0 Å². The number of hydrogen-bond donors (Lipinski definition) is 1. The summed E-state index contributed by atoms with van der Waals surface area (Å²) in [6.45, 7) is 3.25. The lowest BCUT2D eigenvalue weighted by Crippen LogP contribution is -2.42. The molecule has 4 aliphatic rings. The Balaban J connectivity index is 1.37. The van der Waals surface area contributed by atoms with E-state index in [1.54, 1.807) is 19.8 Å². The van der Waals surface area contributed by atoms with Crippen LogP contribution in [0.15, 0.2) is 59.7 Å². The van der Waals surface area contributed by atoms with Crippen molar-refractivity contribution >= 4 is 0 Å². The van der Waals surface area contributed by atoms with Crippen LogP contribution < -0.4 is 14.8 Å². The van der Waals surface area contributed by atoms with Gasteiger partial charge in [-0.3, -0.25) is 4.90 Å². The van der Waals surface area contributed by atoms with Gasteiger partial charge in [0.25, 0.3) is 0 Å². The molecular formula is C26H32N2O2. The van der Waals surface area contributed by atoms with E-state index in [1.165, 1.54) is 16.7 Å². The van der Waals surface area contributed by atoms with Crippen LogP contribution in [0.3, 0.4) is 0 Å². The minimum atomic E-state index is 0.342. The molecular weight excluding hydrogens is 372 g/mol. The van der Waals surface area contributed by atoms with E-state index in [9.17, 15) is 0 Å². The Morgan fingerprint density at radius 3 is 2.83 bits per heavy atom. The van der Waals surface area contributed by atoms with Crippen LogP contribution in [0.5, 0.6) is 11.5 Å². The maximum Gasteiger partial charge on any atom is 0.161 e. The van der Waals surface area contributed by atoms with Gasteiger partial charge >= 0.3 is 0 Å². The van der Waals surface area contributed by atoms with E-state index in [-0.39, 0.29) is 0 Å². The zero-order valence-electron chi connectivity index (χ0n) is 18.1. The Kier molecular flexibility index (Phi) is 5.53. The van der Waals surface area contributed by atoms with Crippen LogP contribution in [0.1, 0.15) is 36.4 Å². The third-order valence-electron chi connectivity index (χ3n) is 7.12. The van der Waals surface area contributed by atoms with Gasteiger partial charge in [-0.25, -0.2) is 0 Å². The van der Waals surface area contributed by atoms with Gasteiger partial charge in [-0.05, 0) is 55.5 Å². The highest BCUT2D eigenvalue weighted by Crippen LogP contribution is 2.39. The number of rotatable bonds is 4. The van der Waals surface area contributed by atoms with Gasteiger partial charge in [-0.15, -0.1) is 0 Å². The van der Waals surface area contributed by atoms with E-state index < -0.39 is 0 Å². The molecule has 0 aromatic heterocycles. The molecule has 158 valence electrons. The molecule has 1 aromatic carbocycles. The molecule has 0 saturated heterocycles. The van der Waals surface area contributed by atoms with Crippen LogP contribution >= 0.6 is 0 Å². The van der Waals surface area contributed by atoms with Crippen LogP contribution in [-0.2, 0) is 6.42 Å². The molecule has 1 N–H and O–H groups in total. The highest BCUT2D eigenvalue weighted by molar-refractivity contribution is 5.49. The molecule has 1 aromatic rings. The zero-order chi connectivity index (χ0) is 20.5. The highest BCUT2D eigenvalue weighted by atomic mass is 16.5. The minimum Gasteiger partial charge on any atom is -0.493 e. The Labute approximate surface area is 179 Å². The number of benzene rings is 1. The second-order valence-corrected chi connectivity index (χ2v) is 8.81. The number of ether oxygens (including phenoxy) is 2. The Bertz CT molecular complexity index is 927. The van der Waals surface area contributed by atoms with Crippen molar-refractivity contribution in [2.45, 2.75) is 37.8 Å². The van der Waals surface area contributed by atoms with Crippen molar-refractivity contribution in [1.29, 1.82) is 0 Å². The van der Waals surface area contributed by atoms with Crippen molar-refractivity contribution in [3.05, 3.63) is 70.9 Å². The normalized spacial score (nSPS) is 27.9. The average Bonchev–Trinajstić information content (AvgIpc) is 3.12. The summed E-state index contributed by atoms with van der Waals surface area (Å²) in [5.41, 5.74) is 5.82. The predicted octanol–water partition coefficient (Wildman–Crippen LogP) is 4.35. The predicted molar refractivity (Wildman–Crippen MR) is 121 cm³/mol. The summed E-state index contributed by atoms with van der Waals surface area (Å²) in [5.74, 6) is 2.17.